The van der Waals surface area contributed by atoms with E-state index in [-0.39, 0.29) is 11.8 Å². The molecule has 0 atom stereocenters. The number of nitrogens with one attached hydrogen (secondary N) is 2. The van der Waals surface area contributed by atoms with Crippen molar-refractivity contribution in [2.24, 2.45) is 0 Å². The molecule has 5 heteroatoms. The Kier molecular flexibility index (Phi) is 8.60. The molecule has 4 aromatic rings. The van der Waals surface area contributed by atoms with Gasteiger partial charge in [-0.05, 0) is 75.4 Å². The molecule has 0 aliphatic rings. The normalized spacial score (nSPS) is 10.0. The second-order valence-corrected chi connectivity index (χ2v) is 8.46. The van der Waals surface area contributed by atoms with Crippen molar-refractivity contribution in [3.05, 3.63) is 130 Å². The lowest BCUT2D eigenvalue weighted by Gasteiger charge is -2.06. The predicted molar refractivity (Wildman–Crippen MR) is 141 cm³/mol. The maximum atomic E-state index is 11.9. The van der Waals surface area contributed by atoms with E-state index < -0.39 is 0 Å². The van der Waals surface area contributed by atoms with E-state index in [1.165, 1.54) is 5.56 Å². The molecule has 0 fully saturated rings. The van der Waals surface area contributed by atoms with Crippen molar-refractivity contribution in [1.29, 1.82) is 0 Å². The van der Waals surface area contributed by atoms with Gasteiger partial charge < -0.3 is 10.6 Å². The van der Waals surface area contributed by atoms with E-state index in [9.17, 15) is 9.59 Å². The maximum Gasteiger partial charge on any atom is 0.255 e. The van der Waals surface area contributed by atoms with E-state index in [4.69, 9.17) is 11.6 Å². The zero-order valence-electron chi connectivity index (χ0n) is 19.4. The van der Waals surface area contributed by atoms with Gasteiger partial charge in [-0.3, -0.25) is 9.59 Å². The van der Waals surface area contributed by atoms with Crippen molar-refractivity contribution >= 4 is 34.8 Å². The standard InChI is InChI=1S/C15H15NO.C14H12ClNO/c1-11-6-8-14(9-7-11)16-15(17)13-5-3-4-12(2)10-13;1-10-5-7-13(8-6-10)16-14(17)11-3-2-4-12(15)9-11/h3-10H,1-2H3,(H,16,17);2-9H,1H3,(H,16,17). The molecule has 0 bridgehead atoms. The molecule has 0 saturated carbocycles. The second-order valence-electron chi connectivity index (χ2n) is 8.02. The fourth-order valence-corrected chi connectivity index (χ4v) is 3.29. The molecule has 172 valence electrons. The Balaban J connectivity index is 0.000000191. The van der Waals surface area contributed by atoms with Crippen molar-refractivity contribution in [1.82, 2.24) is 0 Å². The van der Waals surface area contributed by atoms with Crippen LogP contribution in [0.5, 0.6) is 0 Å². The minimum absolute atomic E-state index is 0.0717. The van der Waals surface area contributed by atoms with Gasteiger partial charge in [-0.25, -0.2) is 0 Å². The summed E-state index contributed by atoms with van der Waals surface area (Å²) in [7, 11) is 0. The van der Waals surface area contributed by atoms with Gasteiger partial charge in [0.05, 0.1) is 0 Å². The van der Waals surface area contributed by atoms with Crippen LogP contribution in [-0.4, -0.2) is 11.8 Å². The van der Waals surface area contributed by atoms with Gasteiger partial charge in [0.1, 0.15) is 0 Å². The van der Waals surface area contributed by atoms with Gasteiger partial charge in [-0.2, -0.15) is 0 Å². The number of halogens is 1. The van der Waals surface area contributed by atoms with Crippen LogP contribution in [0, 0.1) is 20.8 Å². The summed E-state index contributed by atoms with van der Waals surface area (Å²) in [5, 5.41) is 6.25. The highest BCUT2D eigenvalue weighted by atomic mass is 35.5. The van der Waals surface area contributed by atoms with Gasteiger partial charge in [-0.1, -0.05) is 70.8 Å². The van der Waals surface area contributed by atoms with Gasteiger partial charge in [0, 0.05) is 27.5 Å². The number of amides is 2. The molecule has 0 spiro atoms. The molecule has 0 heterocycles. The Morgan fingerprint density at radius 1 is 0.559 bits per heavy atom. The number of hydrogen-bond acceptors (Lipinski definition) is 2. The molecule has 0 aliphatic heterocycles. The number of carbonyl (C=O) groups is 2. The van der Waals surface area contributed by atoms with Crippen LogP contribution < -0.4 is 10.6 Å². The molecule has 4 aromatic carbocycles. The van der Waals surface area contributed by atoms with Crippen molar-refractivity contribution in [3.8, 4) is 0 Å². The van der Waals surface area contributed by atoms with Crippen LogP contribution in [-0.2, 0) is 0 Å². The van der Waals surface area contributed by atoms with E-state index in [1.807, 2.05) is 93.6 Å². The SMILES string of the molecule is Cc1ccc(NC(=O)c2cccc(C)c2)cc1.Cc1ccc(NC(=O)c2cccc(Cl)c2)cc1. The smallest absolute Gasteiger partial charge is 0.255 e. The molecule has 4 rings (SSSR count). The molecular formula is C29H27ClN2O2. The van der Waals surface area contributed by atoms with Gasteiger partial charge in [0.25, 0.3) is 11.8 Å². The second kappa shape index (κ2) is 11.8. The molecule has 34 heavy (non-hydrogen) atoms. The molecule has 0 unspecified atom stereocenters. The largest absolute Gasteiger partial charge is 0.322 e. The van der Waals surface area contributed by atoms with Crippen molar-refractivity contribution in [2.45, 2.75) is 20.8 Å². The number of carbonyl (C=O) groups excluding carboxylic acids is 2. The van der Waals surface area contributed by atoms with Crippen molar-refractivity contribution < 1.29 is 9.59 Å². The van der Waals surface area contributed by atoms with Gasteiger partial charge in [-0.15, -0.1) is 0 Å². The lowest BCUT2D eigenvalue weighted by Crippen LogP contribution is -2.11. The molecule has 0 radical (unpaired) electrons. The first-order chi connectivity index (χ1) is 16.3. The highest BCUT2D eigenvalue weighted by molar-refractivity contribution is 6.31. The summed E-state index contributed by atoms with van der Waals surface area (Å²) in [6.07, 6.45) is 0. The van der Waals surface area contributed by atoms with Crippen LogP contribution in [0.25, 0.3) is 0 Å². The first-order valence-corrected chi connectivity index (χ1v) is 11.3. The third-order valence-electron chi connectivity index (χ3n) is 4.99. The lowest BCUT2D eigenvalue weighted by atomic mass is 10.1. The quantitative estimate of drug-likeness (QED) is 0.325. The van der Waals surface area contributed by atoms with Crippen LogP contribution in [0.15, 0.2) is 97.1 Å². The molecule has 4 nitrogen and oxygen atoms in total. The highest BCUT2D eigenvalue weighted by Gasteiger charge is 2.06. The fraction of sp³-hybridized carbons (Fsp3) is 0.103. The molecule has 0 aromatic heterocycles. The molecular weight excluding hydrogens is 444 g/mol. The molecule has 2 amide bonds. The van der Waals surface area contributed by atoms with E-state index in [1.54, 1.807) is 24.3 Å². The Labute approximate surface area is 205 Å². The van der Waals surface area contributed by atoms with Crippen LogP contribution in [0.3, 0.4) is 0 Å². The molecule has 0 saturated heterocycles. The van der Waals surface area contributed by atoms with Crippen LogP contribution in [0.4, 0.5) is 11.4 Å². The monoisotopic (exact) mass is 470 g/mol. The first kappa shape index (κ1) is 24.7. The fourth-order valence-electron chi connectivity index (χ4n) is 3.10. The van der Waals surface area contributed by atoms with E-state index in [0.717, 1.165) is 22.5 Å². The van der Waals surface area contributed by atoms with E-state index in [2.05, 4.69) is 10.6 Å². The number of hydrogen-bond donors (Lipinski definition) is 2. The summed E-state index contributed by atoms with van der Waals surface area (Å²) in [4.78, 5) is 23.8. The first-order valence-electron chi connectivity index (χ1n) is 10.9. The van der Waals surface area contributed by atoms with E-state index in [0.29, 0.717) is 16.1 Å². The number of aryl methyl sites for hydroxylation is 3. The van der Waals surface area contributed by atoms with Crippen LogP contribution in [0.2, 0.25) is 5.02 Å². The van der Waals surface area contributed by atoms with Crippen molar-refractivity contribution in [2.75, 3.05) is 10.6 Å². The lowest BCUT2D eigenvalue weighted by molar-refractivity contribution is 0.101. The summed E-state index contributed by atoms with van der Waals surface area (Å²) in [6.45, 7) is 6.00. The van der Waals surface area contributed by atoms with Gasteiger partial charge in [0.2, 0.25) is 0 Å². The minimum Gasteiger partial charge on any atom is -0.322 e. The highest BCUT2D eigenvalue weighted by Crippen LogP contribution is 2.14. The van der Waals surface area contributed by atoms with Crippen LogP contribution >= 0.6 is 11.6 Å². The van der Waals surface area contributed by atoms with E-state index >= 15 is 0 Å². The number of benzene rings is 4. The third kappa shape index (κ3) is 7.61. The summed E-state index contributed by atoms with van der Waals surface area (Å²) in [5.74, 6) is -0.228. The molecule has 2 N–H and O–H groups in total. The Bertz CT molecular complexity index is 1170. The maximum absolute atomic E-state index is 11.9. The summed E-state index contributed by atoms with van der Waals surface area (Å²) in [5.41, 5.74) is 6.26. The number of rotatable bonds is 4. The predicted octanol–water partition coefficient (Wildman–Crippen LogP) is 7.46. The number of anilines is 2. The average molecular weight is 471 g/mol. The Hall–Kier alpha value is -3.89. The van der Waals surface area contributed by atoms with Gasteiger partial charge in [0.15, 0.2) is 0 Å². The summed E-state index contributed by atoms with van der Waals surface area (Å²) < 4.78 is 0. The molecule has 0 aliphatic carbocycles. The zero-order chi connectivity index (χ0) is 24.5. The Morgan fingerprint density at radius 3 is 1.44 bits per heavy atom. The summed E-state index contributed by atoms with van der Waals surface area (Å²) in [6, 6.07) is 29.8. The minimum atomic E-state index is -0.156. The Morgan fingerprint density at radius 2 is 1.00 bits per heavy atom. The van der Waals surface area contributed by atoms with Crippen molar-refractivity contribution in [3.63, 3.8) is 0 Å². The topological polar surface area (TPSA) is 58.2 Å². The zero-order valence-corrected chi connectivity index (χ0v) is 20.2. The summed E-state index contributed by atoms with van der Waals surface area (Å²) >= 11 is 5.83. The third-order valence-corrected chi connectivity index (χ3v) is 5.22. The average Bonchev–Trinajstić information content (AvgIpc) is 2.82. The van der Waals surface area contributed by atoms with Crippen LogP contribution in [0.1, 0.15) is 37.4 Å². The van der Waals surface area contributed by atoms with Gasteiger partial charge >= 0.3 is 0 Å².